The highest BCUT2D eigenvalue weighted by Crippen LogP contribution is 2.24. The Hall–Kier alpha value is -1.40. The maximum absolute atomic E-state index is 4.50. The maximum Gasteiger partial charge on any atom is 0.197 e. The molecule has 0 spiro atoms. The van der Waals surface area contributed by atoms with Gasteiger partial charge < -0.3 is 9.88 Å². The van der Waals surface area contributed by atoms with Crippen LogP contribution >= 0.6 is 11.8 Å². The van der Waals surface area contributed by atoms with Crippen LogP contribution in [0, 0.1) is 6.92 Å². The molecular weight excluding hydrogens is 270 g/mol. The number of nitrogens with zero attached hydrogens (tertiary/aromatic N) is 4. The van der Waals surface area contributed by atoms with Gasteiger partial charge in [0.05, 0.1) is 0 Å². The molecule has 0 saturated heterocycles. The number of hydrogen-bond donors (Lipinski definition) is 1. The molecule has 0 amide bonds. The summed E-state index contributed by atoms with van der Waals surface area (Å²) < 4.78 is 1.96. The summed E-state index contributed by atoms with van der Waals surface area (Å²) in [5.41, 5.74) is 1.21. The molecule has 2 aromatic rings. The van der Waals surface area contributed by atoms with Crippen LogP contribution in [0.1, 0.15) is 37.7 Å². The van der Waals surface area contributed by atoms with E-state index < -0.39 is 0 Å². The van der Waals surface area contributed by atoms with Gasteiger partial charge in [0.15, 0.2) is 5.16 Å². The van der Waals surface area contributed by atoms with Gasteiger partial charge in [0.1, 0.15) is 10.9 Å². The number of rotatable bonds is 6. The van der Waals surface area contributed by atoms with Gasteiger partial charge in [0.2, 0.25) is 0 Å². The van der Waals surface area contributed by atoms with E-state index in [1.54, 1.807) is 0 Å². The van der Waals surface area contributed by atoms with Crippen molar-refractivity contribution < 1.29 is 0 Å². The Kier molecular flexibility index (Phi) is 5.14. The lowest BCUT2D eigenvalue weighted by atomic mass is 10.1. The molecule has 2 rings (SSSR count). The molecule has 0 aromatic carbocycles. The van der Waals surface area contributed by atoms with Crippen LogP contribution in [0.25, 0.3) is 0 Å². The number of pyridine rings is 1. The zero-order valence-electron chi connectivity index (χ0n) is 12.4. The first-order valence-electron chi connectivity index (χ1n) is 6.85. The molecule has 0 fully saturated rings. The second-order valence-corrected chi connectivity index (χ2v) is 5.78. The van der Waals surface area contributed by atoms with Gasteiger partial charge in [-0.1, -0.05) is 13.0 Å². The van der Waals surface area contributed by atoms with Gasteiger partial charge >= 0.3 is 0 Å². The summed E-state index contributed by atoms with van der Waals surface area (Å²) in [6.45, 7) is 7.29. The van der Waals surface area contributed by atoms with E-state index in [9.17, 15) is 0 Å². The van der Waals surface area contributed by atoms with Crippen molar-refractivity contribution in [3.63, 3.8) is 0 Å². The maximum atomic E-state index is 4.50. The third kappa shape index (κ3) is 3.58. The van der Waals surface area contributed by atoms with Gasteiger partial charge in [0.25, 0.3) is 0 Å². The molecule has 5 nitrogen and oxygen atoms in total. The number of aromatic nitrogens is 4. The highest BCUT2D eigenvalue weighted by atomic mass is 32.2. The standard InChI is InChI=1S/C14H21N5S/c1-5-8-15-10(2)12-6-7-13(16-9-12)20-14-18-17-11(3)19(14)4/h6-7,9-10,15H,5,8H2,1-4H3. The summed E-state index contributed by atoms with van der Waals surface area (Å²) in [7, 11) is 1.96. The zero-order chi connectivity index (χ0) is 14.5. The molecule has 0 bridgehead atoms. The monoisotopic (exact) mass is 291 g/mol. The van der Waals surface area contributed by atoms with Crippen molar-refractivity contribution in [2.24, 2.45) is 7.05 Å². The number of nitrogens with one attached hydrogen (secondary N) is 1. The van der Waals surface area contributed by atoms with Crippen LogP contribution in [-0.2, 0) is 7.05 Å². The number of hydrogen-bond acceptors (Lipinski definition) is 5. The molecule has 0 aliphatic rings. The average molecular weight is 291 g/mol. The van der Waals surface area contributed by atoms with Crippen LogP contribution in [0.15, 0.2) is 28.5 Å². The summed E-state index contributed by atoms with van der Waals surface area (Å²) in [6, 6.07) is 4.48. The van der Waals surface area contributed by atoms with Crippen molar-refractivity contribution in [3.8, 4) is 0 Å². The van der Waals surface area contributed by atoms with Crippen molar-refractivity contribution in [3.05, 3.63) is 29.7 Å². The van der Waals surface area contributed by atoms with Gasteiger partial charge in [0, 0.05) is 19.3 Å². The van der Waals surface area contributed by atoms with E-state index >= 15 is 0 Å². The van der Waals surface area contributed by atoms with E-state index in [0.717, 1.165) is 29.0 Å². The Morgan fingerprint density at radius 1 is 1.35 bits per heavy atom. The van der Waals surface area contributed by atoms with Crippen LogP contribution in [-0.4, -0.2) is 26.3 Å². The number of aryl methyl sites for hydroxylation is 1. The molecule has 108 valence electrons. The van der Waals surface area contributed by atoms with Gasteiger partial charge in [-0.25, -0.2) is 4.98 Å². The first-order valence-corrected chi connectivity index (χ1v) is 7.66. The summed E-state index contributed by atoms with van der Waals surface area (Å²) in [5.74, 6) is 0.904. The molecule has 0 aliphatic heterocycles. The second-order valence-electron chi connectivity index (χ2n) is 4.80. The van der Waals surface area contributed by atoms with Gasteiger partial charge in [-0.15, -0.1) is 10.2 Å². The molecule has 6 heteroatoms. The van der Waals surface area contributed by atoms with Crippen molar-refractivity contribution in [2.45, 2.75) is 43.4 Å². The molecule has 1 unspecified atom stereocenters. The molecule has 1 N–H and O–H groups in total. The predicted octanol–water partition coefficient (Wildman–Crippen LogP) is 2.73. The minimum absolute atomic E-state index is 0.332. The van der Waals surface area contributed by atoms with E-state index in [4.69, 9.17) is 0 Å². The fourth-order valence-electron chi connectivity index (χ4n) is 1.76. The molecule has 20 heavy (non-hydrogen) atoms. The second kappa shape index (κ2) is 6.85. The van der Waals surface area contributed by atoms with E-state index in [1.165, 1.54) is 17.3 Å². The summed E-state index contributed by atoms with van der Waals surface area (Å²) >= 11 is 1.53. The lowest BCUT2D eigenvalue weighted by Crippen LogP contribution is -2.19. The highest BCUT2D eigenvalue weighted by molar-refractivity contribution is 7.99. The third-order valence-electron chi connectivity index (χ3n) is 3.21. The van der Waals surface area contributed by atoms with E-state index in [1.807, 2.05) is 30.8 Å². The van der Waals surface area contributed by atoms with Crippen LogP contribution in [0.5, 0.6) is 0 Å². The summed E-state index contributed by atoms with van der Waals surface area (Å²) in [5, 5.41) is 13.4. The third-order valence-corrected chi connectivity index (χ3v) is 4.20. The Labute approximate surface area is 124 Å². The van der Waals surface area contributed by atoms with E-state index in [0.29, 0.717) is 6.04 Å². The normalized spacial score (nSPS) is 12.6. The fraction of sp³-hybridized carbons (Fsp3) is 0.500. The first-order chi connectivity index (χ1) is 9.61. The quantitative estimate of drug-likeness (QED) is 0.887. The smallest absolute Gasteiger partial charge is 0.197 e. The van der Waals surface area contributed by atoms with E-state index in [2.05, 4.69) is 40.4 Å². The predicted molar refractivity (Wildman–Crippen MR) is 80.8 cm³/mol. The van der Waals surface area contributed by atoms with Crippen LogP contribution < -0.4 is 5.32 Å². The first kappa shape index (κ1) is 15.0. The largest absolute Gasteiger partial charge is 0.310 e. The van der Waals surface area contributed by atoms with Crippen molar-refractivity contribution >= 4 is 11.8 Å². The lowest BCUT2D eigenvalue weighted by molar-refractivity contribution is 0.568. The SMILES string of the molecule is CCCNC(C)c1ccc(Sc2nnc(C)n2C)nc1. The minimum atomic E-state index is 0.332. The van der Waals surface area contributed by atoms with Crippen molar-refractivity contribution in [1.29, 1.82) is 0 Å². The fourth-order valence-corrected chi connectivity index (χ4v) is 2.54. The summed E-state index contributed by atoms with van der Waals surface area (Å²) in [6.07, 6.45) is 3.07. The Morgan fingerprint density at radius 2 is 2.15 bits per heavy atom. The topological polar surface area (TPSA) is 55.6 Å². The molecule has 0 saturated carbocycles. The van der Waals surface area contributed by atoms with Crippen LogP contribution in [0.4, 0.5) is 0 Å². The minimum Gasteiger partial charge on any atom is -0.310 e. The Bertz CT molecular complexity index is 549. The average Bonchev–Trinajstić information content (AvgIpc) is 2.77. The lowest BCUT2D eigenvalue weighted by Gasteiger charge is -2.13. The Balaban J connectivity index is 2.03. The molecule has 0 radical (unpaired) electrons. The molecule has 1 atom stereocenters. The highest BCUT2D eigenvalue weighted by Gasteiger charge is 2.09. The molecule has 0 aliphatic carbocycles. The van der Waals surface area contributed by atoms with Crippen LogP contribution in [0.2, 0.25) is 0 Å². The van der Waals surface area contributed by atoms with E-state index in [-0.39, 0.29) is 0 Å². The summed E-state index contributed by atoms with van der Waals surface area (Å²) in [4.78, 5) is 4.50. The molecular formula is C14H21N5S. The van der Waals surface area contributed by atoms with Crippen molar-refractivity contribution in [1.82, 2.24) is 25.1 Å². The van der Waals surface area contributed by atoms with Crippen LogP contribution in [0.3, 0.4) is 0 Å². The van der Waals surface area contributed by atoms with Gasteiger partial charge in [-0.3, -0.25) is 0 Å². The molecule has 2 heterocycles. The Morgan fingerprint density at radius 3 is 2.70 bits per heavy atom. The van der Waals surface area contributed by atoms with Gasteiger partial charge in [-0.2, -0.15) is 0 Å². The zero-order valence-corrected chi connectivity index (χ0v) is 13.2. The molecule has 2 aromatic heterocycles. The van der Waals surface area contributed by atoms with Crippen molar-refractivity contribution in [2.75, 3.05) is 6.54 Å². The van der Waals surface area contributed by atoms with Gasteiger partial charge in [-0.05, 0) is 50.2 Å².